The molecule has 0 aliphatic carbocycles. The van der Waals surface area contributed by atoms with Crippen LogP contribution in [0.1, 0.15) is 0 Å². The first-order valence-corrected chi connectivity index (χ1v) is 9.62. The van der Waals surface area contributed by atoms with E-state index in [1.807, 2.05) is 0 Å². The van der Waals surface area contributed by atoms with Crippen LogP contribution in [0.4, 0.5) is 5.95 Å². The average molecular weight is 386 g/mol. The first-order valence-electron chi connectivity index (χ1n) is 8.02. The molecule has 2 aromatic heterocycles. The summed E-state index contributed by atoms with van der Waals surface area (Å²) < 4.78 is 28.1. The molecule has 2 N–H and O–H groups in total. The number of imidazole rings is 1. The van der Waals surface area contributed by atoms with E-state index in [4.69, 9.17) is 0 Å². The molecule has 1 aliphatic rings. The van der Waals surface area contributed by atoms with Crippen LogP contribution in [0.5, 0.6) is 0 Å². The van der Waals surface area contributed by atoms with Crippen LogP contribution in [0.3, 0.4) is 0 Å². The Morgan fingerprint density at radius 3 is 2.50 bits per heavy atom. The van der Waals surface area contributed by atoms with Crippen molar-refractivity contribution in [3.63, 3.8) is 0 Å². The van der Waals surface area contributed by atoms with Crippen LogP contribution >= 0.6 is 0 Å². The summed E-state index contributed by atoms with van der Waals surface area (Å²) in [5, 5.41) is 10.3. The maximum atomic E-state index is 12.1. The second kappa shape index (κ2) is 6.21. The van der Waals surface area contributed by atoms with Crippen LogP contribution < -0.4 is 16.1 Å². The Labute approximate surface area is 149 Å². The van der Waals surface area contributed by atoms with Crippen molar-refractivity contribution in [2.75, 3.05) is 37.8 Å². The summed E-state index contributed by atoms with van der Waals surface area (Å²) in [7, 11) is 2.59. The van der Waals surface area contributed by atoms with Crippen LogP contribution in [0, 0.1) is 5.92 Å². The van der Waals surface area contributed by atoms with Gasteiger partial charge in [0, 0.05) is 47.2 Å². The minimum absolute atomic E-state index is 0.180. The number of rotatable bonds is 4. The molecule has 0 bridgehead atoms. The molecule has 0 aromatic carbocycles. The number of nitrogens with zero attached hydrogens (tertiary/aromatic N) is 5. The Bertz CT molecular complexity index is 1070. The molecule has 0 unspecified atom stereocenters. The van der Waals surface area contributed by atoms with E-state index in [0.717, 1.165) is 4.31 Å². The zero-order chi connectivity index (χ0) is 19.4. The van der Waals surface area contributed by atoms with Crippen molar-refractivity contribution < 1.29 is 13.5 Å². The molecule has 26 heavy (non-hydrogen) atoms. The quantitative estimate of drug-likeness (QED) is 0.601. The van der Waals surface area contributed by atoms with Gasteiger partial charge < -0.3 is 14.6 Å². The largest absolute Gasteiger partial charge is 0.391 e. The molecule has 3 heterocycles. The Kier molecular flexibility index (Phi) is 4.45. The Morgan fingerprint density at radius 1 is 1.23 bits per heavy atom. The molecule has 0 saturated carbocycles. The van der Waals surface area contributed by atoms with Gasteiger partial charge >= 0.3 is 5.69 Å². The minimum atomic E-state index is -3.45. The van der Waals surface area contributed by atoms with Crippen LogP contribution in [0.15, 0.2) is 9.59 Å². The van der Waals surface area contributed by atoms with E-state index in [1.54, 1.807) is 16.5 Å². The Morgan fingerprint density at radius 2 is 1.88 bits per heavy atom. The molecule has 1 saturated heterocycles. The summed E-state index contributed by atoms with van der Waals surface area (Å²) in [6, 6.07) is 0. The SMILES string of the molecule is CN(C)S(=O)(=O)C[C@@H]1CN(c2nc3c(c(=O)[nH]c(=O)n3C)n2C)C[C@H]1O. The molecule has 2 aromatic rings. The van der Waals surface area contributed by atoms with Crippen LogP contribution in [-0.4, -0.2) is 76.0 Å². The third-order valence-electron chi connectivity index (χ3n) is 4.78. The third-order valence-corrected chi connectivity index (χ3v) is 6.74. The highest BCUT2D eigenvalue weighted by molar-refractivity contribution is 7.89. The van der Waals surface area contributed by atoms with E-state index in [1.165, 1.54) is 25.7 Å². The molecule has 1 aliphatic heterocycles. The zero-order valence-electron chi connectivity index (χ0n) is 15.0. The summed E-state index contributed by atoms with van der Waals surface area (Å²) in [5.74, 6) is -0.263. The minimum Gasteiger partial charge on any atom is -0.391 e. The number of anilines is 1. The van der Waals surface area contributed by atoms with Gasteiger partial charge in [-0.3, -0.25) is 14.3 Å². The van der Waals surface area contributed by atoms with Crippen molar-refractivity contribution in [2.45, 2.75) is 6.10 Å². The van der Waals surface area contributed by atoms with E-state index in [-0.39, 0.29) is 30.0 Å². The predicted octanol–water partition coefficient (Wildman–Crippen LogP) is -2.35. The number of β-amino-alcohol motifs (C(OH)–C–C–N with tert-alkyl or cyclic N) is 1. The average Bonchev–Trinajstić information content (AvgIpc) is 3.05. The fourth-order valence-electron chi connectivity index (χ4n) is 3.18. The number of aryl methyl sites for hydroxylation is 2. The summed E-state index contributed by atoms with van der Waals surface area (Å²) in [6.45, 7) is 0.466. The van der Waals surface area contributed by atoms with E-state index in [9.17, 15) is 23.1 Å². The fourth-order valence-corrected chi connectivity index (χ4v) is 4.35. The lowest BCUT2D eigenvalue weighted by molar-refractivity contribution is 0.157. The first-order chi connectivity index (χ1) is 12.0. The van der Waals surface area contributed by atoms with Crippen molar-refractivity contribution in [1.29, 1.82) is 0 Å². The molecule has 12 heteroatoms. The first kappa shape index (κ1) is 18.6. The second-order valence-electron chi connectivity index (χ2n) is 6.75. The number of nitrogens with one attached hydrogen (secondary N) is 1. The van der Waals surface area contributed by atoms with Gasteiger partial charge in [0.15, 0.2) is 11.2 Å². The van der Waals surface area contributed by atoms with Crippen LogP contribution in [0.25, 0.3) is 11.2 Å². The van der Waals surface area contributed by atoms with Crippen LogP contribution in [-0.2, 0) is 24.1 Å². The summed E-state index contributed by atoms with van der Waals surface area (Å²) in [6.07, 6.45) is -0.841. The molecule has 3 rings (SSSR count). The standard InChI is InChI=1S/C14H22N6O5S/c1-17(2)26(24,25)7-8-5-20(6-9(8)21)13-15-11-10(18(13)3)12(22)16-14(23)19(11)4/h8-9,21H,5-7H2,1-4H3,(H,16,22,23)/t8-,9+/m0/s1. The van der Waals surface area contributed by atoms with Crippen molar-refractivity contribution in [3.8, 4) is 0 Å². The zero-order valence-corrected chi connectivity index (χ0v) is 15.8. The highest BCUT2D eigenvalue weighted by Crippen LogP contribution is 2.26. The van der Waals surface area contributed by atoms with Gasteiger partial charge in [-0.05, 0) is 0 Å². The lowest BCUT2D eigenvalue weighted by Crippen LogP contribution is -2.33. The highest BCUT2D eigenvalue weighted by atomic mass is 32.2. The predicted molar refractivity (Wildman–Crippen MR) is 95.8 cm³/mol. The maximum absolute atomic E-state index is 12.1. The van der Waals surface area contributed by atoms with Crippen molar-refractivity contribution >= 4 is 27.1 Å². The number of H-pyrrole nitrogens is 1. The number of sulfonamides is 1. The van der Waals surface area contributed by atoms with Gasteiger partial charge in [-0.1, -0.05) is 0 Å². The Hall–Kier alpha value is -2.18. The molecular weight excluding hydrogens is 364 g/mol. The monoisotopic (exact) mass is 386 g/mol. The third kappa shape index (κ3) is 2.93. The molecule has 11 nitrogen and oxygen atoms in total. The van der Waals surface area contributed by atoms with E-state index in [0.29, 0.717) is 5.95 Å². The topological polar surface area (TPSA) is 134 Å². The Balaban J connectivity index is 1.97. The highest BCUT2D eigenvalue weighted by Gasteiger charge is 2.37. The number of aliphatic hydroxyl groups is 1. The number of hydrogen-bond donors (Lipinski definition) is 2. The van der Waals surface area contributed by atoms with Gasteiger partial charge in [-0.25, -0.2) is 17.5 Å². The molecule has 1 fully saturated rings. The van der Waals surface area contributed by atoms with Gasteiger partial charge in [0.05, 0.1) is 11.9 Å². The van der Waals surface area contributed by atoms with E-state index >= 15 is 0 Å². The van der Waals surface area contributed by atoms with Crippen molar-refractivity contribution in [3.05, 3.63) is 20.8 Å². The number of aromatic nitrogens is 4. The van der Waals surface area contributed by atoms with Gasteiger partial charge in [0.2, 0.25) is 16.0 Å². The maximum Gasteiger partial charge on any atom is 0.329 e. The lowest BCUT2D eigenvalue weighted by Gasteiger charge is -2.18. The second-order valence-corrected chi connectivity index (χ2v) is 8.98. The summed E-state index contributed by atoms with van der Waals surface area (Å²) >= 11 is 0. The van der Waals surface area contributed by atoms with Crippen molar-refractivity contribution in [2.24, 2.45) is 20.0 Å². The normalized spacial score (nSPS) is 21.2. The molecule has 144 valence electrons. The van der Waals surface area contributed by atoms with E-state index in [2.05, 4.69) is 9.97 Å². The molecular formula is C14H22N6O5S. The van der Waals surface area contributed by atoms with E-state index < -0.39 is 33.3 Å². The number of hydrogen-bond acceptors (Lipinski definition) is 7. The van der Waals surface area contributed by atoms with Gasteiger partial charge in [-0.2, -0.15) is 4.98 Å². The number of aliphatic hydroxyl groups excluding tert-OH is 1. The fraction of sp³-hybridized carbons (Fsp3) is 0.643. The van der Waals surface area contributed by atoms with Gasteiger partial charge in [-0.15, -0.1) is 0 Å². The van der Waals surface area contributed by atoms with Gasteiger partial charge in [0.1, 0.15) is 0 Å². The molecule has 2 atom stereocenters. The smallest absolute Gasteiger partial charge is 0.329 e. The number of aromatic amines is 1. The molecule has 0 amide bonds. The molecule has 0 spiro atoms. The van der Waals surface area contributed by atoms with Crippen molar-refractivity contribution in [1.82, 2.24) is 23.4 Å². The summed E-state index contributed by atoms with van der Waals surface area (Å²) in [4.78, 5) is 32.2. The van der Waals surface area contributed by atoms with Gasteiger partial charge in [0.25, 0.3) is 5.56 Å². The lowest BCUT2D eigenvalue weighted by atomic mass is 10.1. The number of fused-ring (bicyclic) bond motifs is 1. The summed E-state index contributed by atoms with van der Waals surface area (Å²) in [5.41, 5.74) is -0.643. The molecule has 0 radical (unpaired) electrons. The van der Waals surface area contributed by atoms with Crippen LogP contribution in [0.2, 0.25) is 0 Å².